The first kappa shape index (κ1) is 12.9. The molecule has 3 heterocycles. The van der Waals surface area contributed by atoms with Crippen LogP contribution >= 0.6 is 11.3 Å². The molecule has 100 valence electrons. The number of aromatic nitrogens is 4. The molecule has 20 heavy (non-hydrogen) atoms. The van der Waals surface area contributed by atoms with Gasteiger partial charge in [0.15, 0.2) is 0 Å². The number of rotatable bonds is 4. The Morgan fingerprint density at radius 2 is 1.60 bits per heavy atom. The van der Waals surface area contributed by atoms with Gasteiger partial charge in [-0.3, -0.25) is 0 Å². The second kappa shape index (κ2) is 5.88. The molecular formula is C15H14N4S. The highest BCUT2D eigenvalue weighted by atomic mass is 32.1. The van der Waals surface area contributed by atoms with Crippen LogP contribution in [0.5, 0.6) is 0 Å². The minimum Gasteiger partial charge on any atom is -0.245 e. The van der Waals surface area contributed by atoms with E-state index in [1.165, 1.54) is 16.1 Å². The van der Waals surface area contributed by atoms with Gasteiger partial charge in [0, 0.05) is 47.4 Å². The molecule has 3 aromatic rings. The van der Waals surface area contributed by atoms with Crippen molar-refractivity contribution in [2.75, 3.05) is 0 Å². The fourth-order valence-corrected chi connectivity index (χ4v) is 2.84. The highest BCUT2D eigenvalue weighted by Gasteiger charge is 2.03. The molecule has 0 aliphatic carbocycles. The van der Waals surface area contributed by atoms with Crippen LogP contribution in [0.2, 0.25) is 0 Å². The second-order valence-electron chi connectivity index (χ2n) is 4.62. The Morgan fingerprint density at radius 1 is 0.900 bits per heavy atom. The Hall–Kier alpha value is -2.14. The average molecular weight is 282 g/mol. The van der Waals surface area contributed by atoms with E-state index in [9.17, 15) is 0 Å². The summed E-state index contributed by atoms with van der Waals surface area (Å²) in [7, 11) is 0. The largest absolute Gasteiger partial charge is 0.245 e. The summed E-state index contributed by atoms with van der Waals surface area (Å²) < 4.78 is 0. The van der Waals surface area contributed by atoms with Crippen molar-refractivity contribution in [3.8, 4) is 0 Å². The minimum atomic E-state index is 0.763. The molecule has 0 saturated heterocycles. The fraction of sp³-hybridized carbons (Fsp3) is 0.200. The SMILES string of the molecule is Cc1ccc(Cc2ncc(Cc3cncnc3)cn2)s1. The van der Waals surface area contributed by atoms with Gasteiger partial charge in [-0.05, 0) is 30.2 Å². The predicted molar refractivity (Wildman–Crippen MR) is 78.7 cm³/mol. The van der Waals surface area contributed by atoms with Gasteiger partial charge in [-0.25, -0.2) is 19.9 Å². The summed E-state index contributed by atoms with van der Waals surface area (Å²) in [6.07, 6.45) is 10.5. The lowest BCUT2D eigenvalue weighted by Crippen LogP contribution is -1.98. The van der Waals surface area contributed by atoms with Crippen LogP contribution in [0.1, 0.15) is 26.7 Å². The third-order valence-corrected chi connectivity index (χ3v) is 3.91. The van der Waals surface area contributed by atoms with Crippen molar-refractivity contribution in [1.29, 1.82) is 0 Å². The maximum atomic E-state index is 4.43. The van der Waals surface area contributed by atoms with Gasteiger partial charge in [0.2, 0.25) is 0 Å². The maximum absolute atomic E-state index is 4.43. The number of hydrogen-bond donors (Lipinski definition) is 0. The molecule has 5 heteroatoms. The van der Waals surface area contributed by atoms with Crippen LogP contribution in [-0.4, -0.2) is 19.9 Å². The van der Waals surface area contributed by atoms with Gasteiger partial charge in [0.25, 0.3) is 0 Å². The van der Waals surface area contributed by atoms with Crippen molar-refractivity contribution in [3.63, 3.8) is 0 Å². The zero-order valence-corrected chi connectivity index (χ0v) is 12.0. The molecule has 3 aromatic heterocycles. The lowest BCUT2D eigenvalue weighted by Gasteiger charge is -2.02. The van der Waals surface area contributed by atoms with Crippen molar-refractivity contribution in [2.24, 2.45) is 0 Å². The van der Waals surface area contributed by atoms with E-state index in [2.05, 4.69) is 39.0 Å². The summed E-state index contributed by atoms with van der Waals surface area (Å²) in [4.78, 5) is 19.5. The van der Waals surface area contributed by atoms with E-state index in [0.717, 1.165) is 29.8 Å². The Labute approximate surface area is 121 Å². The molecule has 0 aliphatic rings. The molecule has 0 aliphatic heterocycles. The zero-order chi connectivity index (χ0) is 13.8. The van der Waals surface area contributed by atoms with Gasteiger partial charge >= 0.3 is 0 Å². The monoisotopic (exact) mass is 282 g/mol. The van der Waals surface area contributed by atoms with E-state index in [4.69, 9.17) is 0 Å². The van der Waals surface area contributed by atoms with Gasteiger partial charge in [0.1, 0.15) is 12.2 Å². The van der Waals surface area contributed by atoms with Crippen LogP contribution in [-0.2, 0) is 12.8 Å². The van der Waals surface area contributed by atoms with Gasteiger partial charge < -0.3 is 0 Å². The summed E-state index contributed by atoms with van der Waals surface area (Å²) >= 11 is 1.79. The quantitative estimate of drug-likeness (QED) is 0.738. The molecule has 0 radical (unpaired) electrons. The summed E-state index contributed by atoms with van der Waals surface area (Å²) in [6.45, 7) is 2.11. The number of nitrogens with zero attached hydrogens (tertiary/aromatic N) is 4. The zero-order valence-electron chi connectivity index (χ0n) is 11.2. The standard InChI is InChI=1S/C15H14N4S/c1-11-2-3-14(20-11)5-15-18-8-13(9-19-15)4-12-6-16-10-17-7-12/h2-3,6-10H,4-5H2,1H3. The van der Waals surface area contributed by atoms with Crippen molar-refractivity contribution in [3.05, 3.63) is 70.0 Å². The maximum Gasteiger partial charge on any atom is 0.133 e. The first-order valence-electron chi connectivity index (χ1n) is 6.38. The molecule has 0 spiro atoms. The molecular weight excluding hydrogens is 268 g/mol. The number of thiophene rings is 1. The molecule has 3 rings (SSSR count). The first-order valence-corrected chi connectivity index (χ1v) is 7.20. The van der Waals surface area contributed by atoms with Crippen molar-refractivity contribution in [1.82, 2.24) is 19.9 Å². The summed E-state index contributed by atoms with van der Waals surface area (Å²) in [5, 5.41) is 0. The normalized spacial score (nSPS) is 10.7. The molecule has 0 bridgehead atoms. The Balaban J connectivity index is 1.68. The van der Waals surface area contributed by atoms with Gasteiger partial charge in [-0.2, -0.15) is 0 Å². The third-order valence-electron chi connectivity index (χ3n) is 2.91. The van der Waals surface area contributed by atoms with E-state index >= 15 is 0 Å². The molecule has 0 aromatic carbocycles. The Bertz CT molecular complexity index is 677. The Kier molecular flexibility index (Phi) is 3.78. The van der Waals surface area contributed by atoms with Crippen LogP contribution in [0.3, 0.4) is 0 Å². The number of hydrogen-bond acceptors (Lipinski definition) is 5. The topological polar surface area (TPSA) is 51.6 Å². The first-order chi connectivity index (χ1) is 9.79. The van der Waals surface area contributed by atoms with E-state index in [1.54, 1.807) is 11.3 Å². The van der Waals surface area contributed by atoms with Gasteiger partial charge in [0.05, 0.1) is 0 Å². The van der Waals surface area contributed by atoms with Crippen molar-refractivity contribution < 1.29 is 0 Å². The summed E-state index contributed by atoms with van der Waals surface area (Å²) in [6, 6.07) is 4.27. The highest BCUT2D eigenvalue weighted by molar-refractivity contribution is 7.11. The van der Waals surface area contributed by atoms with Crippen LogP contribution in [0, 0.1) is 6.92 Å². The highest BCUT2D eigenvalue weighted by Crippen LogP contribution is 2.17. The molecule has 0 N–H and O–H groups in total. The van der Waals surface area contributed by atoms with Gasteiger partial charge in [-0.15, -0.1) is 11.3 Å². The van der Waals surface area contributed by atoms with Crippen molar-refractivity contribution >= 4 is 11.3 Å². The molecule has 0 fully saturated rings. The smallest absolute Gasteiger partial charge is 0.133 e. The minimum absolute atomic E-state index is 0.763. The van der Waals surface area contributed by atoms with Gasteiger partial charge in [-0.1, -0.05) is 0 Å². The second-order valence-corrected chi connectivity index (χ2v) is 5.99. The lowest BCUT2D eigenvalue weighted by atomic mass is 10.1. The van der Waals surface area contributed by atoms with Crippen LogP contribution < -0.4 is 0 Å². The van der Waals surface area contributed by atoms with Crippen LogP contribution in [0.15, 0.2) is 43.2 Å². The molecule has 0 amide bonds. The van der Waals surface area contributed by atoms with E-state index in [0.29, 0.717) is 0 Å². The van der Waals surface area contributed by atoms with Crippen LogP contribution in [0.25, 0.3) is 0 Å². The van der Waals surface area contributed by atoms with E-state index in [-0.39, 0.29) is 0 Å². The fourth-order valence-electron chi connectivity index (χ4n) is 1.96. The molecule has 0 atom stereocenters. The number of aryl methyl sites for hydroxylation is 1. The molecule has 0 saturated carbocycles. The average Bonchev–Trinajstić information content (AvgIpc) is 2.88. The Morgan fingerprint density at radius 3 is 2.25 bits per heavy atom. The molecule has 4 nitrogen and oxygen atoms in total. The predicted octanol–water partition coefficient (Wildman–Crippen LogP) is 2.82. The van der Waals surface area contributed by atoms with Crippen molar-refractivity contribution in [2.45, 2.75) is 19.8 Å². The summed E-state index contributed by atoms with van der Waals surface area (Å²) in [5.74, 6) is 0.861. The molecule has 0 unspecified atom stereocenters. The van der Waals surface area contributed by atoms with Crippen LogP contribution in [0.4, 0.5) is 0 Å². The summed E-state index contributed by atoms with van der Waals surface area (Å²) in [5.41, 5.74) is 2.14. The third kappa shape index (κ3) is 3.24. The lowest BCUT2D eigenvalue weighted by molar-refractivity contribution is 0.946. The van der Waals surface area contributed by atoms with E-state index < -0.39 is 0 Å². The van der Waals surface area contributed by atoms with E-state index in [1.807, 2.05) is 24.8 Å².